The number of hydrogen-bond donors (Lipinski definition) is 4. The van der Waals surface area contributed by atoms with Crippen molar-refractivity contribution in [1.29, 1.82) is 0 Å². The van der Waals surface area contributed by atoms with Crippen LogP contribution in [-0.4, -0.2) is 28.6 Å². The lowest BCUT2D eigenvalue weighted by atomic mass is 9.92. The fourth-order valence-corrected chi connectivity index (χ4v) is 2.97. The third-order valence-corrected chi connectivity index (χ3v) is 4.11. The van der Waals surface area contributed by atoms with Gasteiger partial charge >= 0.3 is 6.03 Å². The van der Waals surface area contributed by atoms with Crippen LogP contribution in [0.1, 0.15) is 23.2 Å². The van der Waals surface area contributed by atoms with Crippen LogP contribution in [0.25, 0.3) is 0 Å². The first kappa shape index (κ1) is 16.9. The molecule has 0 bridgehead atoms. The Hall–Kier alpha value is -2.93. The van der Waals surface area contributed by atoms with Crippen LogP contribution in [0.15, 0.2) is 36.4 Å². The molecule has 0 radical (unpaired) electrons. The molecule has 1 aliphatic rings. The topological polar surface area (TPSA) is 103 Å². The van der Waals surface area contributed by atoms with Crippen molar-refractivity contribution in [1.82, 2.24) is 10.3 Å². The third-order valence-electron chi connectivity index (χ3n) is 4.11. The lowest BCUT2D eigenvalue weighted by molar-refractivity contribution is -0.134. The van der Waals surface area contributed by atoms with Gasteiger partial charge in [0.25, 0.3) is 5.91 Å². The Bertz CT molecular complexity index is 817. The number of aliphatic hydroxyl groups is 1. The molecule has 3 amide bonds. The molecular formula is C18H20N4O3. The predicted octanol–water partition coefficient (Wildman–Crippen LogP) is 2.05. The van der Waals surface area contributed by atoms with Gasteiger partial charge in [-0.05, 0) is 37.6 Å². The first-order chi connectivity index (χ1) is 11.9. The number of carbonyl (C=O) groups excluding carboxylic acids is 2. The Balaban J connectivity index is 1.59. The van der Waals surface area contributed by atoms with E-state index in [-0.39, 0.29) is 13.0 Å². The number of para-hydroxylation sites is 1. The Morgan fingerprint density at radius 2 is 2.04 bits per heavy atom. The van der Waals surface area contributed by atoms with E-state index < -0.39 is 17.5 Å². The first-order valence-corrected chi connectivity index (χ1v) is 8.02. The second-order valence-corrected chi connectivity index (χ2v) is 6.16. The zero-order valence-electron chi connectivity index (χ0n) is 14.1. The van der Waals surface area contributed by atoms with Crippen LogP contribution < -0.4 is 16.0 Å². The Morgan fingerprint density at radius 3 is 2.80 bits per heavy atom. The minimum absolute atomic E-state index is 0.0730. The number of nitrogens with zero attached hydrogens (tertiary/aromatic N) is 1. The van der Waals surface area contributed by atoms with Crippen molar-refractivity contribution < 1.29 is 14.7 Å². The fraction of sp³-hybridized carbons (Fsp3) is 0.278. The Morgan fingerprint density at radius 1 is 1.28 bits per heavy atom. The van der Waals surface area contributed by atoms with Crippen LogP contribution in [0.4, 0.5) is 16.3 Å². The summed E-state index contributed by atoms with van der Waals surface area (Å²) in [7, 11) is 0. The van der Waals surface area contributed by atoms with E-state index in [2.05, 4.69) is 20.9 Å². The molecule has 130 valence electrons. The largest absolute Gasteiger partial charge is 0.375 e. The fourth-order valence-electron chi connectivity index (χ4n) is 2.97. The average molecular weight is 340 g/mol. The van der Waals surface area contributed by atoms with E-state index in [0.29, 0.717) is 17.1 Å². The van der Waals surface area contributed by atoms with Gasteiger partial charge in [0, 0.05) is 29.9 Å². The zero-order valence-corrected chi connectivity index (χ0v) is 14.1. The minimum atomic E-state index is -1.64. The molecule has 0 fully saturated rings. The van der Waals surface area contributed by atoms with E-state index in [1.165, 1.54) is 0 Å². The summed E-state index contributed by atoms with van der Waals surface area (Å²) in [6, 6.07) is 10.2. The van der Waals surface area contributed by atoms with Crippen molar-refractivity contribution in [2.24, 2.45) is 0 Å². The van der Waals surface area contributed by atoms with E-state index in [4.69, 9.17) is 0 Å². The van der Waals surface area contributed by atoms with Crippen LogP contribution in [0.2, 0.25) is 0 Å². The van der Waals surface area contributed by atoms with Gasteiger partial charge in [0.2, 0.25) is 0 Å². The second-order valence-electron chi connectivity index (χ2n) is 6.16. The molecule has 1 aromatic carbocycles. The summed E-state index contributed by atoms with van der Waals surface area (Å²) in [5.74, 6) is -0.0236. The molecule has 0 saturated heterocycles. The number of fused-ring (bicyclic) bond motifs is 1. The molecule has 3 rings (SSSR count). The third kappa shape index (κ3) is 3.46. The second kappa shape index (κ2) is 6.52. The Labute approximate surface area is 145 Å². The first-order valence-electron chi connectivity index (χ1n) is 8.02. The summed E-state index contributed by atoms with van der Waals surface area (Å²) in [5.41, 5.74) is 1.29. The summed E-state index contributed by atoms with van der Waals surface area (Å²) in [6.07, 6.45) is 0.0730. The van der Waals surface area contributed by atoms with Crippen molar-refractivity contribution in [3.05, 3.63) is 53.2 Å². The molecule has 0 saturated carbocycles. The number of aryl methyl sites for hydroxylation is 2. The maximum atomic E-state index is 12.1. The highest BCUT2D eigenvalue weighted by molar-refractivity contribution is 6.04. The number of aromatic nitrogens is 1. The number of anilines is 2. The zero-order chi connectivity index (χ0) is 18.0. The smallest absolute Gasteiger partial charge is 0.320 e. The number of carbonyl (C=O) groups is 2. The van der Waals surface area contributed by atoms with Gasteiger partial charge in [-0.15, -0.1) is 0 Å². The molecule has 1 aromatic heterocycles. The van der Waals surface area contributed by atoms with E-state index in [0.717, 1.165) is 11.3 Å². The normalized spacial score (nSPS) is 18.4. The average Bonchev–Trinajstić information content (AvgIpc) is 2.78. The van der Waals surface area contributed by atoms with Crippen LogP contribution in [0.5, 0.6) is 0 Å². The SMILES string of the molecule is Cc1cc(C)nc(NC(=O)NCCC2(O)C(=O)Nc3ccccc32)c1. The lowest BCUT2D eigenvalue weighted by Gasteiger charge is -2.21. The van der Waals surface area contributed by atoms with Crippen molar-refractivity contribution in [2.75, 3.05) is 17.2 Å². The molecule has 0 aliphatic carbocycles. The highest BCUT2D eigenvalue weighted by Gasteiger charge is 2.44. The van der Waals surface area contributed by atoms with E-state index in [9.17, 15) is 14.7 Å². The molecule has 7 nitrogen and oxygen atoms in total. The Kier molecular flexibility index (Phi) is 4.41. The molecule has 0 spiro atoms. The van der Waals surface area contributed by atoms with Crippen LogP contribution in [-0.2, 0) is 10.4 Å². The minimum Gasteiger partial charge on any atom is -0.375 e. The number of benzene rings is 1. The number of urea groups is 1. The molecule has 1 atom stereocenters. The molecule has 1 unspecified atom stereocenters. The summed E-state index contributed by atoms with van der Waals surface area (Å²) in [6.45, 7) is 3.90. The number of pyridine rings is 1. The number of amides is 3. The molecule has 2 heterocycles. The summed E-state index contributed by atoms with van der Waals surface area (Å²) in [5, 5.41) is 18.6. The van der Waals surface area contributed by atoms with Crippen molar-refractivity contribution in [3.63, 3.8) is 0 Å². The molecule has 2 aromatic rings. The molecule has 25 heavy (non-hydrogen) atoms. The van der Waals surface area contributed by atoms with Crippen molar-refractivity contribution in [2.45, 2.75) is 25.9 Å². The van der Waals surface area contributed by atoms with Gasteiger partial charge in [0.05, 0.1) is 0 Å². The van der Waals surface area contributed by atoms with Crippen molar-refractivity contribution >= 4 is 23.4 Å². The lowest BCUT2D eigenvalue weighted by Crippen LogP contribution is -2.39. The molecule has 7 heteroatoms. The van der Waals surface area contributed by atoms with Crippen LogP contribution in [0, 0.1) is 13.8 Å². The van der Waals surface area contributed by atoms with Gasteiger partial charge in [-0.1, -0.05) is 18.2 Å². The highest BCUT2D eigenvalue weighted by atomic mass is 16.3. The van der Waals surface area contributed by atoms with E-state index in [1.54, 1.807) is 30.3 Å². The van der Waals surface area contributed by atoms with Gasteiger partial charge in [-0.3, -0.25) is 10.1 Å². The number of hydrogen-bond acceptors (Lipinski definition) is 4. The van der Waals surface area contributed by atoms with Gasteiger partial charge in [0.1, 0.15) is 5.82 Å². The predicted molar refractivity (Wildman–Crippen MR) is 94.3 cm³/mol. The molecule has 1 aliphatic heterocycles. The molecular weight excluding hydrogens is 320 g/mol. The standard InChI is InChI=1S/C18H20N4O3/c1-11-9-12(2)20-15(10-11)22-17(24)19-8-7-18(25)13-5-3-4-6-14(13)21-16(18)23/h3-6,9-10,25H,7-8H2,1-2H3,(H,21,23)(H2,19,20,22,24). The van der Waals surface area contributed by atoms with Crippen molar-refractivity contribution in [3.8, 4) is 0 Å². The van der Waals surface area contributed by atoms with Crippen LogP contribution >= 0.6 is 0 Å². The summed E-state index contributed by atoms with van der Waals surface area (Å²) >= 11 is 0. The van der Waals surface area contributed by atoms with Gasteiger partial charge < -0.3 is 15.7 Å². The van der Waals surface area contributed by atoms with E-state index >= 15 is 0 Å². The summed E-state index contributed by atoms with van der Waals surface area (Å²) < 4.78 is 0. The number of nitrogens with one attached hydrogen (secondary N) is 3. The van der Waals surface area contributed by atoms with Gasteiger partial charge in [-0.2, -0.15) is 0 Å². The summed E-state index contributed by atoms with van der Waals surface area (Å²) in [4.78, 5) is 28.3. The maximum Gasteiger partial charge on any atom is 0.320 e. The van der Waals surface area contributed by atoms with Gasteiger partial charge in [0.15, 0.2) is 5.60 Å². The molecule has 4 N–H and O–H groups in total. The van der Waals surface area contributed by atoms with Gasteiger partial charge in [-0.25, -0.2) is 9.78 Å². The highest BCUT2D eigenvalue weighted by Crippen LogP contribution is 2.37. The van der Waals surface area contributed by atoms with E-state index in [1.807, 2.05) is 19.9 Å². The quantitative estimate of drug-likeness (QED) is 0.684. The van der Waals surface area contributed by atoms with Crippen LogP contribution in [0.3, 0.4) is 0 Å². The number of rotatable bonds is 4. The monoisotopic (exact) mass is 340 g/mol. The maximum absolute atomic E-state index is 12.1.